The van der Waals surface area contributed by atoms with Crippen LogP contribution in [0.25, 0.3) is 0 Å². The molecule has 12 nitrogen and oxygen atoms in total. The number of amides is 2. The van der Waals surface area contributed by atoms with Crippen molar-refractivity contribution in [3.05, 3.63) is 180 Å². The van der Waals surface area contributed by atoms with Gasteiger partial charge < -0.3 is 20.3 Å². The highest BCUT2D eigenvalue weighted by Gasteiger charge is 2.21. The number of halogens is 2. The lowest BCUT2D eigenvalue weighted by Crippen LogP contribution is -2.31. The molecule has 0 aliphatic carbocycles. The molecule has 14 heteroatoms. The van der Waals surface area contributed by atoms with Crippen LogP contribution in [0.15, 0.2) is 134 Å². The normalized spacial score (nSPS) is 10.4. The maximum absolute atomic E-state index is 13.7. The number of esters is 1. The Morgan fingerprint density at radius 3 is 1.43 bits per heavy atom. The summed E-state index contributed by atoms with van der Waals surface area (Å²) in [5, 5.41) is 0. The number of aromatic nitrogens is 4. The minimum absolute atomic E-state index is 0.100. The van der Waals surface area contributed by atoms with Crippen molar-refractivity contribution in [3.63, 3.8) is 0 Å². The topological polar surface area (TPSA) is 162 Å². The lowest BCUT2D eigenvalue weighted by molar-refractivity contribution is 0.0599. The predicted octanol–water partition coefficient (Wildman–Crippen LogP) is 5.85. The Kier molecular flexibility index (Phi) is 13.0. The Labute approximate surface area is 308 Å². The van der Waals surface area contributed by atoms with E-state index in [9.17, 15) is 28.0 Å². The van der Waals surface area contributed by atoms with Crippen molar-refractivity contribution in [3.8, 4) is 0 Å². The number of rotatable bonds is 11. The highest BCUT2D eigenvalue weighted by molar-refractivity contribution is 6.06. The molecule has 0 aliphatic heterocycles. The molecule has 0 bridgehead atoms. The first-order valence-corrected chi connectivity index (χ1v) is 16.3. The van der Waals surface area contributed by atoms with Crippen molar-refractivity contribution in [1.82, 2.24) is 19.9 Å². The van der Waals surface area contributed by atoms with Crippen molar-refractivity contribution in [1.29, 1.82) is 0 Å². The Balaban J connectivity index is 0.000000208. The number of Topliss-reactive ketones (excluding diaryl/α,β-unsaturated/α-hetero) is 1. The van der Waals surface area contributed by atoms with Crippen molar-refractivity contribution < 1.29 is 32.7 Å². The molecule has 4 heterocycles. The van der Waals surface area contributed by atoms with E-state index in [1.807, 2.05) is 0 Å². The second-order valence-electron chi connectivity index (χ2n) is 11.4. The molecule has 0 saturated carbocycles. The largest absolute Gasteiger partial charge is 0.465 e. The zero-order valence-electron chi connectivity index (χ0n) is 28.9. The van der Waals surface area contributed by atoms with E-state index in [-0.39, 0.29) is 37.2 Å². The SMILES string of the molecule is COC(=O)c1ccc(CN(C(=O)c2ccncc2)c2cccc(F)c2)nc1.NCC(=O)c1ccc(CN(C(=O)c2ccncc2)c2cccc(F)c2)nc1. The minimum atomic E-state index is -0.496. The van der Waals surface area contributed by atoms with E-state index in [0.29, 0.717) is 45.0 Å². The smallest absolute Gasteiger partial charge is 0.339 e. The zero-order chi connectivity index (χ0) is 38.5. The van der Waals surface area contributed by atoms with Crippen molar-refractivity contribution in [2.45, 2.75) is 13.1 Å². The zero-order valence-corrected chi connectivity index (χ0v) is 28.9. The maximum atomic E-state index is 13.7. The Morgan fingerprint density at radius 2 is 1.06 bits per heavy atom. The van der Waals surface area contributed by atoms with Gasteiger partial charge in [-0.15, -0.1) is 0 Å². The molecule has 0 saturated heterocycles. The van der Waals surface area contributed by atoms with Gasteiger partial charge in [-0.05, 0) is 84.9 Å². The summed E-state index contributed by atoms with van der Waals surface area (Å²) >= 11 is 0. The first-order valence-electron chi connectivity index (χ1n) is 16.3. The van der Waals surface area contributed by atoms with Crippen molar-refractivity contribution in [2.24, 2.45) is 5.73 Å². The molecule has 4 aromatic heterocycles. The fourth-order valence-corrected chi connectivity index (χ4v) is 5.03. The predicted molar refractivity (Wildman–Crippen MR) is 195 cm³/mol. The summed E-state index contributed by atoms with van der Waals surface area (Å²) in [7, 11) is 1.29. The number of carbonyl (C=O) groups is 4. The second kappa shape index (κ2) is 18.4. The molecule has 6 rings (SSSR count). The first-order chi connectivity index (χ1) is 26.2. The van der Waals surface area contributed by atoms with E-state index < -0.39 is 17.6 Å². The third-order valence-electron chi connectivity index (χ3n) is 7.80. The van der Waals surface area contributed by atoms with Gasteiger partial charge in [0.1, 0.15) is 11.6 Å². The molecule has 2 N–H and O–H groups in total. The monoisotopic (exact) mass is 729 g/mol. The summed E-state index contributed by atoms with van der Waals surface area (Å²) < 4.78 is 32.0. The Morgan fingerprint density at radius 1 is 0.611 bits per heavy atom. The second-order valence-corrected chi connectivity index (χ2v) is 11.4. The molecule has 2 aromatic carbocycles. The van der Waals surface area contributed by atoms with Crippen LogP contribution in [0.3, 0.4) is 0 Å². The number of benzene rings is 2. The molecule has 0 fully saturated rings. The van der Waals surface area contributed by atoms with E-state index in [2.05, 4.69) is 24.7 Å². The van der Waals surface area contributed by atoms with Crippen LogP contribution in [-0.4, -0.2) is 57.2 Å². The van der Waals surface area contributed by atoms with E-state index in [0.717, 1.165) is 0 Å². The summed E-state index contributed by atoms with van der Waals surface area (Å²) in [6.45, 7) is 0.116. The summed E-state index contributed by atoms with van der Waals surface area (Å²) in [5.74, 6) is -2.24. The third-order valence-corrected chi connectivity index (χ3v) is 7.80. The van der Waals surface area contributed by atoms with Crippen LogP contribution in [-0.2, 0) is 17.8 Å². The quantitative estimate of drug-likeness (QED) is 0.126. The van der Waals surface area contributed by atoms with E-state index in [1.165, 1.54) is 90.5 Å². The number of hydrogen-bond acceptors (Lipinski definition) is 10. The summed E-state index contributed by atoms with van der Waals surface area (Å²) in [6, 6.07) is 24.3. The van der Waals surface area contributed by atoms with Gasteiger partial charge in [0.25, 0.3) is 11.8 Å². The lowest BCUT2D eigenvalue weighted by Gasteiger charge is -2.23. The van der Waals surface area contributed by atoms with Gasteiger partial charge in [-0.2, -0.15) is 0 Å². The van der Waals surface area contributed by atoms with Gasteiger partial charge in [0.05, 0.1) is 43.7 Å². The van der Waals surface area contributed by atoms with Crippen LogP contribution < -0.4 is 15.5 Å². The van der Waals surface area contributed by atoms with Crippen molar-refractivity contribution >= 4 is 34.9 Å². The number of hydrogen-bond donors (Lipinski definition) is 1. The molecule has 0 radical (unpaired) electrons. The molecule has 0 aliphatic rings. The molecular weight excluding hydrogens is 696 g/mol. The Bertz CT molecular complexity index is 2050. The molecule has 0 atom stereocenters. The van der Waals surface area contributed by atoms with Crippen molar-refractivity contribution in [2.75, 3.05) is 23.5 Å². The van der Waals surface area contributed by atoms with E-state index >= 15 is 0 Å². The fraction of sp³-hybridized carbons (Fsp3) is 0.100. The van der Waals surface area contributed by atoms with Crippen LogP contribution in [0.1, 0.15) is 52.8 Å². The molecule has 0 unspecified atom stereocenters. The van der Waals surface area contributed by atoms with E-state index in [4.69, 9.17) is 5.73 Å². The standard InChI is InChI=1S/C20H17FN4O2.C20H16FN3O3/c21-16-2-1-3-18(10-16)25(20(27)14-6-8-23-9-7-14)13-17-5-4-15(12-24-17)19(26)11-22;1-27-20(26)15-5-6-17(23-12-15)13-24(18-4-2-3-16(21)11-18)19(25)14-7-9-22-10-8-14/h1-10,12H,11,13,22H2;2-12H,13H2,1H3. The fourth-order valence-electron chi connectivity index (χ4n) is 5.03. The molecule has 6 aromatic rings. The van der Waals surface area contributed by atoms with Crippen LogP contribution >= 0.6 is 0 Å². The van der Waals surface area contributed by atoms with Gasteiger partial charge in [0, 0.05) is 65.2 Å². The Hall–Kier alpha value is -7.06. The molecule has 54 heavy (non-hydrogen) atoms. The molecular formula is C40H33F2N7O5. The van der Waals surface area contributed by atoms with Gasteiger partial charge in [0.2, 0.25) is 0 Å². The summed E-state index contributed by atoms with van der Waals surface area (Å²) in [5.41, 5.74) is 8.78. The van der Waals surface area contributed by atoms with Gasteiger partial charge in [-0.3, -0.25) is 34.3 Å². The van der Waals surface area contributed by atoms with Gasteiger partial charge >= 0.3 is 5.97 Å². The van der Waals surface area contributed by atoms with Crippen LogP contribution in [0, 0.1) is 11.6 Å². The summed E-state index contributed by atoms with van der Waals surface area (Å²) in [4.78, 5) is 68.2. The van der Waals surface area contributed by atoms with Gasteiger partial charge in [0.15, 0.2) is 5.78 Å². The number of pyridine rings is 4. The average Bonchev–Trinajstić information content (AvgIpc) is 3.22. The van der Waals surface area contributed by atoms with Crippen LogP contribution in [0.5, 0.6) is 0 Å². The van der Waals surface area contributed by atoms with Gasteiger partial charge in [-0.25, -0.2) is 13.6 Å². The van der Waals surface area contributed by atoms with Crippen LogP contribution in [0.2, 0.25) is 0 Å². The van der Waals surface area contributed by atoms with Gasteiger partial charge in [-0.1, -0.05) is 12.1 Å². The number of ketones is 1. The van der Waals surface area contributed by atoms with Crippen LogP contribution in [0.4, 0.5) is 20.2 Å². The molecule has 2 amide bonds. The third kappa shape index (κ3) is 10.0. The molecule has 0 spiro atoms. The number of nitrogens with zero attached hydrogens (tertiary/aromatic N) is 6. The number of methoxy groups -OCH3 is 1. The number of nitrogens with two attached hydrogens (primary N) is 1. The first kappa shape index (κ1) is 38.2. The average molecular weight is 730 g/mol. The highest BCUT2D eigenvalue weighted by atomic mass is 19.1. The number of anilines is 2. The minimum Gasteiger partial charge on any atom is -0.465 e. The highest BCUT2D eigenvalue weighted by Crippen LogP contribution is 2.22. The maximum Gasteiger partial charge on any atom is 0.339 e. The lowest BCUT2D eigenvalue weighted by atomic mass is 10.1. The van der Waals surface area contributed by atoms with E-state index in [1.54, 1.807) is 60.7 Å². The molecule has 272 valence electrons. The number of ether oxygens (including phenoxy) is 1. The summed E-state index contributed by atoms with van der Waals surface area (Å²) in [6.07, 6.45) is 8.86. The number of carbonyl (C=O) groups excluding carboxylic acids is 4.